The molecule has 0 unspecified atom stereocenters. The third-order valence-electron chi connectivity index (χ3n) is 4.34. The lowest BCUT2D eigenvalue weighted by atomic mass is 10.1. The van der Waals surface area contributed by atoms with Crippen molar-refractivity contribution in [2.24, 2.45) is 0 Å². The molecular formula is C21H21N5O2. The van der Waals surface area contributed by atoms with Gasteiger partial charge in [0.15, 0.2) is 5.82 Å². The predicted octanol–water partition coefficient (Wildman–Crippen LogP) is 3.40. The van der Waals surface area contributed by atoms with Gasteiger partial charge >= 0.3 is 0 Å². The largest absolute Gasteiger partial charge is 0.494 e. The topological polar surface area (TPSA) is 84.3 Å². The normalized spacial score (nSPS) is 10.9. The maximum Gasteiger partial charge on any atom is 0.275 e. The number of hydrogen-bond donors (Lipinski definition) is 2. The number of rotatable bonds is 6. The molecule has 0 saturated carbocycles. The molecule has 0 aliphatic carbocycles. The van der Waals surface area contributed by atoms with Crippen LogP contribution in [0, 0.1) is 6.92 Å². The van der Waals surface area contributed by atoms with E-state index in [0.29, 0.717) is 24.8 Å². The Balaban J connectivity index is 1.55. The van der Waals surface area contributed by atoms with E-state index < -0.39 is 0 Å². The van der Waals surface area contributed by atoms with E-state index in [9.17, 15) is 4.79 Å². The Morgan fingerprint density at radius 3 is 2.57 bits per heavy atom. The molecule has 0 aliphatic rings. The molecule has 2 aromatic carbocycles. The number of anilines is 1. The van der Waals surface area contributed by atoms with Crippen LogP contribution >= 0.6 is 0 Å². The van der Waals surface area contributed by atoms with Crippen LogP contribution in [0.15, 0.2) is 59.4 Å². The zero-order chi connectivity index (χ0) is 19.5. The van der Waals surface area contributed by atoms with E-state index in [-0.39, 0.29) is 5.56 Å². The SMILES string of the molecule is CCOc1ccc(NCc2cc(=O)n3nc(-c4ccc(C)cc4)nc3[nH]2)cc1. The smallest absolute Gasteiger partial charge is 0.275 e. The highest BCUT2D eigenvalue weighted by molar-refractivity contribution is 5.57. The molecule has 4 rings (SSSR count). The fraction of sp³-hybridized carbons (Fsp3) is 0.190. The van der Waals surface area contributed by atoms with Crippen molar-refractivity contribution in [2.75, 3.05) is 11.9 Å². The van der Waals surface area contributed by atoms with Gasteiger partial charge in [0.1, 0.15) is 5.75 Å². The lowest BCUT2D eigenvalue weighted by molar-refractivity contribution is 0.340. The summed E-state index contributed by atoms with van der Waals surface area (Å²) in [5.74, 6) is 1.77. The molecule has 142 valence electrons. The Hall–Kier alpha value is -3.61. The van der Waals surface area contributed by atoms with E-state index in [2.05, 4.69) is 20.4 Å². The van der Waals surface area contributed by atoms with Crippen LogP contribution in [0.2, 0.25) is 0 Å². The average molecular weight is 375 g/mol. The van der Waals surface area contributed by atoms with Crippen molar-refractivity contribution in [3.8, 4) is 17.1 Å². The van der Waals surface area contributed by atoms with E-state index in [1.165, 1.54) is 10.6 Å². The number of nitrogens with one attached hydrogen (secondary N) is 2. The second-order valence-corrected chi connectivity index (χ2v) is 6.48. The van der Waals surface area contributed by atoms with E-state index in [0.717, 1.165) is 28.3 Å². The summed E-state index contributed by atoms with van der Waals surface area (Å²) < 4.78 is 6.73. The number of aromatic amines is 1. The van der Waals surface area contributed by atoms with Crippen molar-refractivity contribution >= 4 is 11.5 Å². The molecule has 0 spiro atoms. The molecule has 2 aromatic heterocycles. The molecule has 28 heavy (non-hydrogen) atoms. The summed E-state index contributed by atoms with van der Waals surface area (Å²) in [5, 5.41) is 7.61. The molecule has 2 N–H and O–H groups in total. The van der Waals surface area contributed by atoms with Gasteiger partial charge in [-0.05, 0) is 38.1 Å². The van der Waals surface area contributed by atoms with Gasteiger partial charge in [0.05, 0.1) is 13.2 Å². The number of aromatic nitrogens is 4. The van der Waals surface area contributed by atoms with Crippen LogP contribution in [-0.2, 0) is 6.54 Å². The van der Waals surface area contributed by atoms with Crippen LogP contribution in [0.25, 0.3) is 17.2 Å². The number of benzene rings is 2. The molecular weight excluding hydrogens is 354 g/mol. The van der Waals surface area contributed by atoms with Crippen molar-refractivity contribution in [3.63, 3.8) is 0 Å². The van der Waals surface area contributed by atoms with E-state index in [1.807, 2.05) is 62.4 Å². The number of aryl methyl sites for hydroxylation is 1. The molecule has 0 saturated heterocycles. The number of fused-ring (bicyclic) bond motifs is 1. The summed E-state index contributed by atoms with van der Waals surface area (Å²) >= 11 is 0. The van der Waals surface area contributed by atoms with Gasteiger partial charge in [-0.25, -0.2) is 0 Å². The highest BCUT2D eigenvalue weighted by Crippen LogP contribution is 2.17. The Morgan fingerprint density at radius 1 is 1.11 bits per heavy atom. The first-order chi connectivity index (χ1) is 13.6. The summed E-state index contributed by atoms with van der Waals surface area (Å²) in [6.45, 7) is 5.07. The molecule has 0 fully saturated rings. The minimum Gasteiger partial charge on any atom is -0.494 e. The molecule has 4 aromatic rings. The van der Waals surface area contributed by atoms with Crippen molar-refractivity contribution in [1.82, 2.24) is 19.6 Å². The third kappa shape index (κ3) is 3.73. The van der Waals surface area contributed by atoms with Crippen LogP contribution in [0.4, 0.5) is 5.69 Å². The van der Waals surface area contributed by atoms with Gasteiger partial charge in [-0.1, -0.05) is 29.8 Å². The maximum absolute atomic E-state index is 12.4. The van der Waals surface area contributed by atoms with Gasteiger partial charge in [-0.2, -0.15) is 9.50 Å². The lowest BCUT2D eigenvalue weighted by Crippen LogP contribution is -2.17. The van der Waals surface area contributed by atoms with Gasteiger partial charge < -0.3 is 15.0 Å². The lowest BCUT2D eigenvalue weighted by Gasteiger charge is -2.08. The van der Waals surface area contributed by atoms with Crippen molar-refractivity contribution in [2.45, 2.75) is 20.4 Å². The molecule has 7 nitrogen and oxygen atoms in total. The summed E-state index contributed by atoms with van der Waals surface area (Å²) in [5.41, 5.74) is 3.48. The molecule has 7 heteroatoms. The second-order valence-electron chi connectivity index (χ2n) is 6.48. The van der Waals surface area contributed by atoms with Crippen LogP contribution in [0.5, 0.6) is 5.75 Å². The first kappa shape index (κ1) is 17.8. The summed E-state index contributed by atoms with van der Waals surface area (Å²) in [6, 6.07) is 17.1. The number of hydrogen-bond acceptors (Lipinski definition) is 5. The van der Waals surface area contributed by atoms with Crippen LogP contribution < -0.4 is 15.6 Å². The van der Waals surface area contributed by atoms with Crippen LogP contribution in [0.1, 0.15) is 18.2 Å². The number of nitrogens with zero attached hydrogens (tertiary/aromatic N) is 3. The first-order valence-corrected chi connectivity index (χ1v) is 9.15. The molecule has 2 heterocycles. The molecule has 0 radical (unpaired) electrons. The first-order valence-electron chi connectivity index (χ1n) is 9.15. The Bertz CT molecular complexity index is 1140. The Morgan fingerprint density at radius 2 is 1.86 bits per heavy atom. The van der Waals surface area contributed by atoms with Crippen LogP contribution in [-0.4, -0.2) is 26.2 Å². The standard InChI is InChI=1S/C21H21N5O2/c1-3-28-18-10-8-16(9-11-18)22-13-17-12-19(27)26-21(23-17)24-20(25-26)15-6-4-14(2)5-7-15/h4-12,22H,3,13H2,1-2H3,(H,23,24,25). The minimum atomic E-state index is -0.219. The zero-order valence-electron chi connectivity index (χ0n) is 15.8. The summed E-state index contributed by atoms with van der Waals surface area (Å²) in [4.78, 5) is 20.1. The van der Waals surface area contributed by atoms with Gasteiger partial charge in [-0.15, -0.1) is 5.10 Å². The molecule has 0 amide bonds. The number of ether oxygens (including phenoxy) is 1. The Labute approximate surface area is 162 Å². The van der Waals surface area contributed by atoms with Gasteiger partial charge in [0.2, 0.25) is 5.78 Å². The minimum absolute atomic E-state index is 0.219. The zero-order valence-corrected chi connectivity index (χ0v) is 15.8. The highest BCUT2D eigenvalue weighted by Gasteiger charge is 2.10. The average Bonchev–Trinajstić information content (AvgIpc) is 3.13. The third-order valence-corrected chi connectivity index (χ3v) is 4.34. The van der Waals surface area contributed by atoms with E-state index >= 15 is 0 Å². The summed E-state index contributed by atoms with van der Waals surface area (Å²) in [7, 11) is 0. The molecule has 0 atom stereocenters. The van der Waals surface area contributed by atoms with E-state index in [4.69, 9.17) is 4.74 Å². The monoisotopic (exact) mass is 375 g/mol. The van der Waals surface area contributed by atoms with Gasteiger partial charge in [0.25, 0.3) is 5.56 Å². The van der Waals surface area contributed by atoms with Crippen molar-refractivity contribution in [1.29, 1.82) is 0 Å². The second kappa shape index (κ2) is 7.56. The maximum atomic E-state index is 12.4. The molecule has 0 aliphatic heterocycles. The van der Waals surface area contributed by atoms with E-state index in [1.54, 1.807) is 0 Å². The fourth-order valence-electron chi connectivity index (χ4n) is 2.89. The highest BCUT2D eigenvalue weighted by atomic mass is 16.5. The van der Waals surface area contributed by atoms with Crippen LogP contribution in [0.3, 0.4) is 0 Å². The van der Waals surface area contributed by atoms with Gasteiger partial charge in [0, 0.05) is 23.0 Å². The van der Waals surface area contributed by atoms with Crippen molar-refractivity contribution < 1.29 is 4.74 Å². The predicted molar refractivity (Wildman–Crippen MR) is 109 cm³/mol. The quantitative estimate of drug-likeness (QED) is 0.540. The summed E-state index contributed by atoms with van der Waals surface area (Å²) in [6.07, 6.45) is 0. The molecule has 0 bridgehead atoms. The fourth-order valence-corrected chi connectivity index (χ4v) is 2.89. The van der Waals surface area contributed by atoms with Gasteiger partial charge in [-0.3, -0.25) is 4.79 Å². The Kier molecular flexibility index (Phi) is 4.80. The number of H-pyrrole nitrogens is 1. The van der Waals surface area contributed by atoms with Crippen molar-refractivity contribution in [3.05, 3.63) is 76.2 Å².